The quantitative estimate of drug-likeness (QED) is 0.777. The number of carbonyl (C=O) groups is 1. The van der Waals surface area contributed by atoms with Gasteiger partial charge in [-0.15, -0.1) is 0 Å². The molecule has 140 valence electrons. The summed E-state index contributed by atoms with van der Waals surface area (Å²) in [7, 11) is -3.89. The van der Waals surface area contributed by atoms with Gasteiger partial charge >= 0.3 is 0 Å². The Balaban J connectivity index is 2.40. The third-order valence-electron chi connectivity index (χ3n) is 4.03. The first-order chi connectivity index (χ1) is 12.2. The van der Waals surface area contributed by atoms with Crippen LogP contribution in [0.15, 0.2) is 53.4 Å². The zero-order valence-electron chi connectivity index (χ0n) is 15.1. The second-order valence-corrected chi connectivity index (χ2v) is 8.48. The van der Waals surface area contributed by atoms with Gasteiger partial charge in [0, 0.05) is 11.1 Å². The molecule has 0 aliphatic rings. The van der Waals surface area contributed by atoms with Gasteiger partial charge in [0.25, 0.3) is 10.0 Å². The van der Waals surface area contributed by atoms with E-state index in [-0.39, 0.29) is 23.4 Å². The lowest BCUT2D eigenvalue weighted by Gasteiger charge is -2.25. The van der Waals surface area contributed by atoms with Gasteiger partial charge in [-0.1, -0.05) is 36.2 Å². The Morgan fingerprint density at radius 1 is 1.12 bits per heavy atom. The van der Waals surface area contributed by atoms with Crippen molar-refractivity contribution in [2.24, 2.45) is 0 Å². The Hall–Kier alpha value is -2.05. The van der Waals surface area contributed by atoms with Crippen molar-refractivity contribution in [2.75, 3.05) is 10.8 Å². The van der Waals surface area contributed by atoms with Crippen molar-refractivity contribution in [3.63, 3.8) is 0 Å². The first-order valence-electron chi connectivity index (χ1n) is 8.38. The van der Waals surface area contributed by atoms with Crippen LogP contribution in [0, 0.1) is 6.92 Å². The highest BCUT2D eigenvalue weighted by atomic mass is 35.5. The SMILES string of the molecule is CCC(C)NC(=O)CN(c1ccc(Cl)cc1)S(=O)(=O)c1ccc(C)cc1. The lowest BCUT2D eigenvalue weighted by molar-refractivity contribution is -0.120. The summed E-state index contributed by atoms with van der Waals surface area (Å²) in [6, 6.07) is 12.9. The third kappa shape index (κ3) is 4.99. The summed E-state index contributed by atoms with van der Waals surface area (Å²) in [4.78, 5) is 12.5. The van der Waals surface area contributed by atoms with Gasteiger partial charge in [0.15, 0.2) is 0 Å². The van der Waals surface area contributed by atoms with Gasteiger partial charge in [-0.2, -0.15) is 0 Å². The van der Waals surface area contributed by atoms with E-state index in [0.29, 0.717) is 10.7 Å². The first kappa shape index (κ1) is 20.3. The van der Waals surface area contributed by atoms with Gasteiger partial charge in [0.05, 0.1) is 10.6 Å². The number of aryl methyl sites for hydroxylation is 1. The Bertz CT molecular complexity index is 849. The van der Waals surface area contributed by atoms with E-state index in [9.17, 15) is 13.2 Å². The molecule has 0 saturated heterocycles. The van der Waals surface area contributed by atoms with Crippen LogP contribution in [0.1, 0.15) is 25.8 Å². The summed E-state index contributed by atoms with van der Waals surface area (Å²) in [6.45, 7) is 5.40. The van der Waals surface area contributed by atoms with Crippen molar-refractivity contribution in [2.45, 2.75) is 38.1 Å². The van der Waals surface area contributed by atoms with Gasteiger partial charge in [-0.25, -0.2) is 8.42 Å². The molecule has 1 amide bonds. The van der Waals surface area contributed by atoms with E-state index < -0.39 is 10.0 Å². The van der Waals surface area contributed by atoms with E-state index in [0.717, 1.165) is 16.3 Å². The Kier molecular flexibility index (Phi) is 6.67. The van der Waals surface area contributed by atoms with Crippen molar-refractivity contribution in [3.8, 4) is 0 Å². The maximum absolute atomic E-state index is 13.1. The summed E-state index contributed by atoms with van der Waals surface area (Å²) in [5, 5.41) is 3.29. The minimum absolute atomic E-state index is 0.0309. The third-order valence-corrected chi connectivity index (χ3v) is 6.07. The van der Waals surface area contributed by atoms with E-state index in [1.54, 1.807) is 48.5 Å². The molecule has 5 nitrogen and oxygen atoms in total. The molecule has 0 saturated carbocycles. The number of hydrogen-bond donors (Lipinski definition) is 1. The van der Waals surface area contributed by atoms with Crippen LogP contribution in [0.4, 0.5) is 5.69 Å². The molecular weight excluding hydrogens is 372 g/mol. The van der Waals surface area contributed by atoms with Crippen molar-refractivity contribution in [3.05, 3.63) is 59.1 Å². The normalized spacial score (nSPS) is 12.5. The van der Waals surface area contributed by atoms with Crippen molar-refractivity contribution >= 4 is 33.2 Å². The molecule has 7 heteroatoms. The summed E-state index contributed by atoms with van der Waals surface area (Å²) in [5.74, 6) is -0.356. The van der Waals surface area contributed by atoms with Gasteiger partial charge in [0.1, 0.15) is 6.54 Å². The Morgan fingerprint density at radius 3 is 2.23 bits per heavy atom. The van der Waals surface area contributed by atoms with Crippen LogP contribution in [-0.2, 0) is 14.8 Å². The van der Waals surface area contributed by atoms with E-state index in [1.807, 2.05) is 20.8 Å². The lowest BCUT2D eigenvalue weighted by Crippen LogP contribution is -2.43. The number of anilines is 1. The van der Waals surface area contributed by atoms with E-state index in [4.69, 9.17) is 11.6 Å². The molecule has 2 aromatic rings. The number of nitrogens with one attached hydrogen (secondary N) is 1. The highest BCUT2D eigenvalue weighted by Gasteiger charge is 2.27. The van der Waals surface area contributed by atoms with Crippen LogP contribution in [0.25, 0.3) is 0 Å². The van der Waals surface area contributed by atoms with Gasteiger partial charge < -0.3 is 5.32 Å². The topological polar surface area (TPSA) is 66.5 Å². The number of amides is 1. The predicted octanol–water partition coefficient (Wildman–Crippen LogP) is 3.76. The van der Waals surface area contributed by atoms with Crippen LogP contribution in [0.2, 0.25) is 5.02 Å². The smallest absolute Gasteiger partial charge is 0.264 e. The van der Waals surface area contributed by atoms with E-state index >= 15 is 0 Å². The van der Waals surface area contributed by atoms with E-state index in [1.165, 1.54) is 0 Å². The maximum Gasteiger partial charge on any atom is 0.264 e. The van der Waals surface area contributed by atoms with Crippen LogP contribution in [0.5, 0.6) is 0 Å². The molecule has 0 fully saturated rings. The average Bonchev–Trinajstić information content (AvgIpc) is 2.60. The van der Waals surface area contributed by atoms with Crippen LogP contribution >= 0.6 is 11.6 Å². The van der Waals surface area contributed by atoms with Gasteiger partial charge in [-0.3, -0.25) is 9.10 Å². The van der Waals surface area contributed by atoms with Crippen LogP contribution in [-0.4, -0.2) is 26.9 Å². The van der Waals surface area contributed by atoms with Crippen molar-refractivity contribution < 1.29 is 13.2 Å². The molecule has 2 rings (SSSR count). The largest absolute Gasteiger partial charge is 0.352 e. The van der Waals surface area contributed by atoms with Crippen molar-refractivity contribution in [1.29, 1.82) is 0 Å². The molecule has 1 N–H and O–H groups in total. The molecule has 0 bridgehead atoms. The fraction of sp³-hybridized carbons (Fsp3) is 0.316. The fourth-order valence-corrected chi connectivity index (χ4v) is 3.86. The molecule has 0 spiro atoms. The molecule has 0 radical (unpaired) electrons. The maximum atomic E-state index is 13.1. The van der Waals surface area contributed by atoms with Gasteiger partial charge in [0.2, 0.25) is 5.91 Å². The van der Waals surface area contributed by atoms with Crippen molar-refractivity contribution in [1.82, 2.24) is 5.32 Å². The molecule has 26 heavy (non-hydrogen) atoms. The standard InChI is InChI=1S/C19H23ClN2O3S/c1-4-15(3)21-19(23)13-22(17-9-7-16(20)8-10-17)26(24,25)18-11-5-14(2)6-12-18/h5-12,15H,4,13H2,1-3H3,(H,21,23). The average molecular weight is 395 g/mol. The Labute approximate surface area is 160 Å². The Morgan fingerprint density at radius 2 is 1.69 bits per heavy atom. The minimum atomic E-state index is -3.89. The molecule has 0 heterocycles. The highest BCUT2D eigenvalue weighted by Crippen LogP contribution is 2.25. The monoisotopic (exact) mass is 394 g/mol. The first-order valence-corrected chi connectivity index (χ1v) is 10.2. The molecule has 2 aromatic carbocycles. The van der Waals surface area contributed by atoms with E-state index in [2.05, 4.69) is 5.32 Å². The number of nitrogens with zero attached hydrogens (tertiary/aromatic N) is 1. The summed E-state index contributed by atoms with van der Waals surface area (Å²) in [5.41, 5.74) is 1.34. The lowest BCUT2D eigenvalue weighted by atomic mass is 10.2. The summed E-state index contributed by atoms with van der Waals surface area (Å²) in [6.07, 6.45) is 0.761. The summed E-state index contributed by atoms with van der Waals surface area (Å²) >= 11 is 5.91. The second kappa shape index (κ2) is 8.56. The zero-order chi connectivity index (χ0) is 19.3. The highest BCUT2D eigenvalue weighted by molar-refractivity contribution is 7.92. The van der Waals surface area contributed by atoms with Crippen LogP contribution < -0.4 is 9.62 Å². The molecule has 0 aromatic heterocycles. The zero-order valence-corrected chi connectivity index (χ0v) is 16.6. The molecular formula is C19H23ClN2O3S. The predicted molar refractivity (Wildman–Crippen MR) is 105 cm³/mol. The second-order valence-electron chi connectivity index (χ2n) is 6.18. The molecule has 1 atom stereocenters. The number of carbonyl (C=O) groups excluding carboxylic acids is 1. The molecule has 1 unspecified atom stereocenters. The minimum Gasteiger partial charge on any atom is -0.352 e. The molecule has 0 aliphatic carbocycles. The molecule has 0 aliphatic heterocycles. The summed E-state index contributed by atoms with van der Waals surface area (Å²) < 4.78 is 27.4. The number of sulfonamides is 1. The number of halogens is 1. The fourth-order valence-electron chi connectivity index (χ4n) is 2.31. The van der Waals surface area contributed by atoms with Crippen LogP contribution in [0.3, 0.4) is 0 Å². The number of hydrogen-bond acceptors (Lipinski definition) is 3. The number of rotatable bonds is 7. The van der Waals surface area contributed by atoms with Gasteiger partial charge in [-0.05, 0) is 56.7 Å². The number of benzene rings is 2.